The lowest BCUT2D eigenvalue weighted by Crippen LogP contribution is -2.30. The minimum atomic E-state index is -0.0822. The summed E-state index contributed by atoms with van der Waals surface area (Å²) in [4.78, 5) is 12.3. The molecule has 0 fully saturated rings. The third-order valence-corrected chi connectivity index (χ3v) is 3.95. The van der Waals surface area contributed by atoms with E-state index in [4.69, 9.17) is 5.26 Å². The molecule has 0 spiro atoms. The zero-order valence-corrected chi connectivity index (χ0v) is 11.7. The predicted octanol–water partition coefficient (Wildman–Crippen LogP) is 3.37. The van der Waals surface area contributed by atoms with Crippen LogP contribution in [0.2, 0.25) is 0 Å². The second-order valence-corrected chi connectivity index (χ2v) is 5.31. The van der Waals surface area contributed by atoms with Crippen LogP contribution in [-0.4, -0.2) is 5.91 Å². The van der Waals surface area contributed by atoms with Crippen LogP contribution in [0.4, 0.5) is 0 Å². The number of nitrogens with one attached hydrogen (secondary N) is 1. The summed E-state index contributed by atoms with van der Waals surface area (Å²) in [7, 11) is 0. The average molecular weight is 276 g/mol. The topological polar surface area (TPSA) is 52.9 Å². The third-order valence-electron chi connectivity index (χ3n) is 3.95. The van der Waals surface area contributed by atoms with Crippen molar-refractivity contribution in [3.8, 4) is 6.07 Å². The smallest absolute Gasteiger partial charge is 0.251 e. The first-order chi connectivity index (χ1) is 10.3. The van der Waals surface area contributed by atoms with Gasteiger partial charge >= 0.3 is 0 Å². The fraction of sp³-hybridized carbons (Fsp3) is 0.222. The Morgan fingerprint density at radius 3 is 2.67 bits per heavy atom. The molecule has 0 saturated heterocycles. The van der Waals surface area contributed by atoms with E-state index in [9.17, 15) is 4.79 Å². The molecule has 3 nitrogen and oxygen atoms in total. The van der Waals surface area contributed by atoms with Gasteiger partial charge < -0.3 is 5.32 Å². The van der Waals surface area contributed by atoms with Crippen molar-refractivity contribution in [2.75, 3.05) is 0 Å². The van der Waals surface area contributed by atoms with E-state index in [1.165, 1.54) is 11.1 Å². The van der Waals surface area contributed by atoms with Gasteiger partial charge in [-0.05, 0) is 54.7 Å². The van der Waals surface area contributed by atoms with E-state index in [1.54, 1.807) is 24.3 Å². The van der Waals surface area contributed by atoms with Crippen molar-refractivity contribution in [1.82, 2.24) is 5.32 Å². The van der Waals surface area contributed by atoms with Crippen LogP contribution in [0.5, 0.6) is 0 Å². The molecule has 0 aromatic heterocycles. The molecule has 0 unspecified atom stereocenters. The molecule has 1 aliphatic carbocycles. The summed E-state index contributed by atoms with van der Waals surface area (Å²) >= 11 is 0. The summed E-state index contributed by atoms with van der Waals surface area (Å²) < 4.78 is 0. The van der Waals surface area contributed by atoms with Gasteiger partial charge in [-0.3, -0.25) is 4.79 Å². The highest BCUT2D eigenvalue weighted by Gasteiger charge is 2.21. The van der Waals surface area contributed by atoms with Gasteiger partial charge in [0.2, 0.25) is 0 Å². The number of fused-ring (bicyclic) bond motifs is 1. The standard InChI is InChI=1S/C18H16N2O/c19-12-13-8-10-15(11-9-13)18(21)20-17-7-3-5-14-4-1-2-6-16(14)17/h1-2,4,6,8-11,17H,3,5,7H2,(H,20,21)/t17-/m0/s1. The molecule has 1 N–H and O–H groups in total. The number of benzene rings is 2. The Kier molecular flexibility index (Phi) is 3.70. The molecule has 21 heavy (non-hydrogen) atoms. The number of hydrogen-bond acceptors (Lipinski definition) is 2. The van der Waals surface area contributed by atoms with Gasteiger partial charge in [-0.1, -0.05) is 24.3 Å². The largest absolute Gasteiger partial charge is 0.345 e. The maximum atomic E-state index is 12.3. The van der Waals surface area contributed by atoms with Crippen molar-refractivity contribution < 1.29 is 4.79 Å². The van der Waals surface area contributed by atoms with Gasteiger partial charge in [0.25, 0.3) is 5.91 Å². The molecule has 0 aliphatic heterocycles. The Bertz CT molecular complexity index is 698. The Morgan fingerprint density at radius 1 is 1.14 bits per heavy atom. The zero-order valence-electron chi connectivity index (χ0n) is 11.7. The summed E-state index contributed by atoms with van der Waals surface area (Å²) in [6, 6.07) is 17.2. The number of hydrogen-bond donors (Lipinski definition) is 1. The second-order valence-electron chi connectivity index (χ2n) is 5.31. The number of rotatable bonds is 2. The summed E-state index contributed by atoms with van der Waals surface area (Å²) in [5.74, 6) is -0.0822. The van der Waals surface area contributed by atoms with Crippen molar-refractivity contribution in [2.45, 2.75) is 25.3 Å². The van der Waals surface area contributed by atoms with Gasteiger partial charge in [-0.15, -0.1) is 0 Å². The fourth-order valence-corrected chi connectivity index (χ4v) is 2.84. The SMILES string of the molecule is N#Cc1ccc(C(=O)N[C@H]2CCCc3ccccc32)cc1. The van der Waals surface area contributed by atoms with Gasteiger partial charge in [0.05, 0.1) is 17.7 Å². The zero-order chi connectivity index (χ0) is 14.7. The molecule has 2 aromatic carbocycles. The number of nitrogens with zero attached hydrogens (tertiary/aromatic N) is 1. The van der Waals surface area contributed by atoms with Crippen LogP contribution in [0.1, 0.15) is 45.9 Å². The van der Waals surface area contributed by atoms with Crippen molar-refractivity contribution in [1.29, 1.82) is 5.26 Å². The molecule has 1 aliphatic rings. The lowest BCUT2D eigenvalue weighted by Gasteiger charge is -2.26. The summed E-state index contributed by atoms with van der Waals surface area (Å²) in [6.45, 7) is 0. The highest BCUT2D eigenvalue weighted by Crippen LogP contribution is 2.29. The molecule has 1 amide bonds. The summed E-state index contributed by atoms with van der Waals surface area (Å²) in [5, 5.41) is 11.9. The Balaban J connectivity index is 1.78. The van der Waals surface area contributed by atoms with Crippen LogP contribution in [0.3, 0.4) is 0 Å². The average Bonchev–Trinajstić information content (AvgIpc) is 2.55. The summed E-state index contributed by atoms with van der Waals surface area (Å²) in [5.41, 5.74) is 3.71. The van der Waals surface area contributed by atoms with Crippen molar-refractivity contribution in [3.63, 3.8) is 0 Å². The Morgan fingerprint density at radius 2 is 1.90 bits per heavy atom. The summed E-state index contributed by atoms with van der Waals surface area (Å²) in [6.07, 6.45) is 3.15. The highest BCUT2D eigenvalue weighted by molar-refractivity contribution is 5.94. The first-order valence-corrected chi connectivity index (χ1v) is 7.17. The number of carbonyl (C=O) groups excluding carboxylic acids is 1. The second kappa shape index (κ2) is 5.80. The van der Waals surface area contributed by atoms with Gasteiger partial charge in [-0.2, -0.15) is 5.26 Å². The first-order valence-electron chi connectivity index (χ1n) is 7.17. The van der Waals surface area contributed by atoms with Gasteiger partial charge in [-0.25, -0.2) is 0 Å². The van der Waals surface area contributed by atoms with Crippen molar-refractivity contribution in [3.05, 3.63) is 70.8 Å². The molecule has 0 bridgehead atoms. The normalized spacial score (nSPS) is 16.6. The molecule has 0 saturated carbocycles. The monoisotopic (exact) mass is 276 g/mol. The predicted molar refractivity (Wildman–Crippen MR) is 80.7 cm³/mol. The lowest BCUT2D eigenvalue weighted by molar-refractivity contribution is 0.0933. The van der Waals surface area contributed by atoms with E-state index >= 15 is 0 Å². The highest BCUT2D eigenvalue weighted by atomic mass is 16.1. The number of aryl methyl sites for hydroxylation is 1. The van der Waals surface area contributed by atoms with E-state index in [2.05, 4.69) is 23.5 Å². The molecule has 3 rings (SSSR count). The van der Waals surface area contributed by atoms with E-state index in [0.717, 1.165) is 19.3 Å². The molecule has 104 valence electrons. The number of amides is 1. The number of nitriles is 1. The Labute approximate surface area is 124 Å². The lowest BCUT2D eigenvalue weighted by atomic mass is 9.87. The van der Waals surface area contributed by atoms with Crippen LogP contribution in [0.15, 0.2) is 48.5 Å². The Hall–Kier alpha value is -2.60. The quantitative estimate of drug-likeness (QED) is 0.914. The maximum Gasteiger partial charge on any atom is 0.251 e. The molecule has 1 atom stereocenters. The van der Waals surface area contributed by atoms with Crippen LogP contribution >= 0.6 is 0 Å². The van der Waals surface area contributed by atoms with Crippen LogP contribution in [-0.2, 0) is 6.42 Å². The van der Waals surface area contributed by atoms with E-state index in [1.807, 2.05) is 12.1 Å². The molecular weight excluding hydrogens is 260 g/mol. The minimum absolute atomic E-state index is 0.0816. The van der Waals surface area contributed by atoms with E-state index < -0.39 is 0 Å². The van der Waals surface area contributed by atoms with Crippen LogP contribution in [0.25, 0.3) is 0 Å². The molecule has 2 aromatic rings. The first kappa shape index (κ1) is 13.4. The van der Waals surface area contributed by atoms with Gasteiger partial charge in [0, 0.05) is 5.56 Å². The third kappa shape index (κ3) is 2.80. The maximum absolute atomic E-state index is 12.3. The van der Waals surface area contributed by atoms with Crippen LogP contribution < -0.4 is 5.32 Å². The number of carbonyl (C=O) groups is 1. The molecule has 0 radical (unpaired) electrons. The molecular formula is C18H16N2O. The van der Waals surface area contributed by atoms with E-state index in [0.29, 0.717) is 11.1 Å². The minimum Gasteiger partial charge on any atom is -0.345 e. The van der Waals surface area contributed by atoms with Gasteiger partial charge in [0.1, 0.15) is 0 Å². The molecule has 0 heterocycles. The van der Waals surface area contributed by atoms with Crippen molar-refractivity contribution >= 4 is 5.91 Å². The fourth-order valence-electron chi connectivity index (χ4n) is 2.84. The van der Waals surface area contributed by atoms with E-state index in [-0.39, 0.29) is 11.9 Å². The van der Waals surface area contributed by atoms with Gasteiger partial charge in [0.15, 0.2) is 0 Å². The molecule has 3 heteroatoms. The van der Waals surface area contributed by atoms with Crippen LogP contribution in [0, 0.1) is 11.3 Å². The van der Waals surface area contributed by atoms with Crippen molar-refractivity contribution in [2.24, 2.45) is 0 Å².